The Morgan fingerprint density at radius 1 is 1.12 bits per heavy atom. The monoisotopic (exact) mass is 237 g/mol. The minimum atomic E-state index is 0.409. The maximum atomic E-state index is 5.58. The standard InChI is InChI=1S/C14H23NO2/c1-12(2)14(15-3)11-16-9-10-17-13-7-5-4-6-8-13/h4-8,12,14-15H,9-11H2,1-3H3. The van der Waals surface area contributed by atoms with Gasteiger partial charge in [0.2, 0.25) is 0 Å². The predicted molar refractivity (Wildman–Crippen MR) is 70.4 cm³/mol. The number of para-hydroxylation sites is 1. The molecule has 0 bridgehead atoms. The molecule has 0 saturated heterocycles. The molecular weight excluding hydrogens is 214 g/mol. The van der Waals surface area contributed by atoms with Crippen LogP contribution in [0, 0.1) is 5.92 Å². The highest BCUT2D eigenvalue weighted by Crippen LogP contribution is 2.07. The van der Waals surface area contributed by atoms with Crippen molar-refractivity contribution < 1.29 is 9.47 Å². The molecule has 0 heterocycles. The second-order valence-electron chi connectivity index (χ2n) is 4.38. The highest BCUT2D eigenvalue weighted by Gasteiger charge is 2.10. The largest absolute Gasteiger partial charge is 0.491 e. The highest BCUT2D eigenvalue weighted by atomic mass is 16.5. The van der Waals surface area contributed by atoms with Gasteiger partial charge in [-0.2, -0.15) is 0 Å². The predicted octanol–water partition coefficient (Wildman–Crippen LogP) is 2.33. The first-order valence-electron chi connectivity index (χ1n) is 6.17. The third-order valence-corrected chi connectivity index (χ3v) is 2.71. The van der Waals surface area contributed by atoms with Gasteiger partial charge in [-0.3, -0.25) is 0 Å². The van der Waals surface area contributed by atoms with Crippen molar-refractivity contribution in [1.29, 1.82) is 0 Å². The van der Waals surface area contributed by atoms with E-state index in [4.69, 9.17) is 9.47 Å². The van der Waals surface area contributed by atoms with Gasteiger partial charge in [0.05, 0.1) is 13.2 Å². The number of hydrogen-bond acceptors (Lipinski definition) is 3. The van der Waals surface area contributed by atoms with Crippen LogP contribution in [0.25, 0.3) is 0 Å². The van der Waals surface area contributed by atoms with Crippen molar-refractivity contribution in [3.05, 3.63) is 30.3 Å². The average Bonchev–Trinajstić information content (AvgIpc) is 2.34. The van der Waals surface area contributed by atoms with Crippen molar-refractivity contribution in [1.82, 2.24) is 5.32 Å². The number of likely N-dealkylation sites (N-methyl/N-ethyl adjacent to an activating group) is 1. The third kappa shape index (κ3) is 5.71. The van der Waals surface area contributed by atoms with Crippen LogP contribution in [0.2, 0.25) is 0 Å². The first kappa shape index (κ1) is 14.0. The Hall–Kier alpha value is -1.06. The SMILES string of the molecule is CNC(COCCOc1ccccc1)C(C)C. The topological polar surface area (TPSA) is 30.5 Å². The van der Waals surface area contributed by atoms with Gasteiger partial charge >= 0.3 is 0 Å². The van der Waals surface area contributed by atoms with E-state index in [9.17, 15) is 0 Å². The van der Waals surface area contributed by atoms with Gasteiger partial charge in [-0.15, -0.1) is 0 Å². The van der Waals surface area contributed by atoms with E-state index in [-0.39, 0.29) is 0 Å². The van der Waals surface area contributed by atoms with Crippen molar-refractivity contribution in [3.63, 3.8) is 0 Å². The normalized spacial score (nSPS) is 12.7. The number of nitrogens with one attached hydrogen (secondary N) is 1. The average molecular weight is 237 g/mol. The molecule has 3 nitrogen and oxygen atoms in total. The molecule has 0 aliphatic rings. The second kappa shape index (κ2) is 8.09. The van der Waals surface area contributed by atoms with Crippen molar-refractivity contribution in [2.45, 2.75) is 19.9 Å². The molecule has 3 heteroatoms. The van der Waals surface area contributed by atoms with E-state index in [0.29, 0.717) is 25.2 Å². The van der Waals surface area contributed by atoms with Gasteiger partial charge in [0, 0.05) is 6.04 Å². The zero-order valence-electron chi connectivity index (χ0n) is 11.0. The lowest BCUT2D eigenvalue weighted by atomic mass is 10.1. The van der Waals surface area contributed by atoms with Gasteiger partial charge in [0.25, 0.3) is 0 Å². The molecule has 0 aromatic heterocycles. The number of rotatable bonds is 8. The van der Waals surface area contributed by atoms with Gasteiger partial charge in [0.15, 0.2) is 0 Å². The fraction of sp³-hybridized carbons (Fsp3) is 0.571. The molecule has 1 aromatic carbocycles. The van der Waals surface area contributed by atoms with Crippen LogP contribution in [0.5, 0.6) is 5.75 Å². The Morgan fingerprint density at radius 2 is 1.82 bits per heavy atom. The Labute approximate surface area is 104 Å². The number of ether oxygens (including phenoxy) is 2. The maximum absolute atomic E-state index is 5.58. The van der Waals surface area contributed by atoms with E-state index < -0.39 is 0 Å². The first-order chi connectivity index (χ1) is 8.24. The third-order valence-electron chi connectivity index (χ3n) is 2.71. The van der Waals surface area contributed by atoms with Crippen molar-refractivity contribution in [3.8, 4) is 5.75 Å². The van der Waals surface area contributed by atoms with Crippen LogP contribution in [-0.4, -0.2) is 32.9 Å². The van der Waals surface area contributed by atoms with Crippen molar-refractivity contribution in [2.24, 2.45) is 5.92 Å². The van der Waals surface area contributed by atoms with Crippen LogP contribution in [-0.2, 0) is 4.74 Å². The lowest BCUT2D eigenvalue weighted by molar-refractivity contribution is 0.0756. The molecule has 1 rings (SSSR count). The van der Waals surface area contributed by atoms with Gasteiger partial charge in [0.1, 0.15) is 12.4 Å². The highest BCUT2D eigenvalue weighted by molar-refractivity contribution is 5.20. The summed E-state index contributed by atoms with van der Waals surface area (Å²) in [5, 5.41) is 3.24. The summed E-state index contributed by atoms with van der Waals surface area (Å²) in [5.41, 5.74) is 0. The molecule has 0 amide bonds. The molecule has 0 fully saturated rings. The molecule has 96 valence electrons. The first-order valence-corrected chi connectivity index (χ1v) is 6.17. The fourth-order valence-electron chi connectivity index (χ4n) is 1.55. The van der Waals surface area contributed by atoms with E-state index in [1.807, 2.05) is 37.4 Å². The Bertz CT molecular complexity index is 288. The summed E-state index contributed by atoms with van der Waals surface area (Å²) in [6.07, 6.45) is 0. The summed E-state index contributed by atoms with van der Waals surface area (Å²) in [7, 11) is 1.97. The molecule has 17 heavy (non-hydrogen) atoms. The minimum absolute atomic E-state index is 0.409. The Morgan fingerprint density at radius 3 is 2.41 bits per heavy atom. The van der Waals surface area contributed by atoms with Crippen molar-refractivity contribution >= 4 is 0 Å². The van der Waals surface area contributed by atoms with Gasteiger partial charge in [-0.1, -0.05) is 32.0 Å². The zero-order chi connectivity index (χ0) is 12.5. The minimum Gasteiger partial charge on any atom is -0.491 e. The number of benzene rings is 1. The van der Waals surface area contributed by atoms with Crippen LogP contribution < -0.4 is 10.1 Å². The van der Waals surface area contributed by atoms with Crippen LogP contribution >= 0.6 is 0 Å². The van der Waals surface area contributed by atoms with E-state index in [2.05, 4.69) is 19.2 Å². The fourth-order valence-corrected chi connectivity index (χ4v) is 1.55. The lowest BCUT2D eigenvalue weighted by Crippen LogP contribution is -2.35. The molecule has 0 spiro atoms. The van der Waals surface area contributed by atoms with E-state index >= 15 is 0 Å². The molecule has 0 radical (unpaired) electrons. The molecule has 1 aromatic rings. The summed E-state index contributed by atoms with van der Waals surface area (Å²) in [5.74, 6) is 1.47. The van der Waals surface area contributed by atoms with Crippen LogP contribution in [0.4, 0.5) is 0 Å². The molecule has 0 saturated carbocycles. The van der Waals surface area contributed by atoms with E-state index in [0.717, 1.165) is 12.4 Å². The van der Waals surface area contributed by atoms with Crippen LogP contribution in [0.3, 0.4) is 0 Å². The number of hydrogen-bond donors (Lipinski definition) is 1. The lowest BCUT2D eigenvalue weighted by Gasteiger charge is -2.19. The Balaban J connectivity index is 2.08. The van der Waals surface area contributed by atoms with Gasteiger partial charge in [-0.25, -0.2) is 0 Å². The van der Waals surface area contributed by atoms with Crippen LogP contribution in [0.1, 0.15) is 13.8 Å². The van der Waals surface area contributed by atoms with Crippen molar-refractivity contribution in [2.75, 3.05) is 26.9 Å². The van der Waals surface area contributed by atoms with Crippen LogP contribution in [0.15, 0.2) is 30.3 Å². The molecule has 1 unspecified atom stereocenters. The molecule has 1 N–H and O–H groups in total. The summed E-state index contributed by atoms with van der Waals surface area (Å²) < 4.78 is 11.1. The maximum Gasteiger partial charge on any atom is 0.119 e. The smallest absolute Gasteiger partial charge is 0.119 e. The summed E-state index contributed by atoms with van der Waals surface area (Å²) in [6, 6.07) is 10.2. The summed E-state index contributed by atoms with van der Waals surface area (Å²) in [4.78, 5) is 0. The van der Waals surface area contributed by atoms with Gasteiger partial charge in [-0.05, 0) is 25.1 Å². The molecule has 1 atom stereocenters. The summed E-state index contributed by atoms with van der Waals surface area (Å²) >= 11 is 0. The second-order valence-corrected chi connectivity index (χ2v) is 4.38. The Kier molecular flexibility index (Phi) is 6.67. The molecule has 0 aliphatic carbocycles. The quantitative estimate of drug-likeness (QED) is 0.704. The van der Waals surface area contributed by atoms with E-state index in [1.165, 1.54) is 0 Å². The van der Waals surface area contributed by atoms with Gasteiger partial charge < -0.3 is 14.8 Å². The van der Waals surface area contributed by atoms with E-state index in [1.54, 1.807) is 0 Å². The zero-order valence-corrected chi connectivity index (χ0v) is 11.0. The molecule has 0 aliphatic heterocycles. The molecular formula is C14H23NO2. The summed E-state index contributed by atoms with van der Waals surface area (Å²) in [6.45, 7) is 6.32.